The zero-order chi connectivity index (χ0) is 20.8. The van der Waals surface area contributed by atoms with E-state index in [0.29, 0.717) is 5.69 Å². The van der Waals surface area contributed by atoms with Gasteiger partial charge in [-0.05, 0) is 23.8 Å². The minimum Gasteiger partial charge on any atom is -0.396 e. The summed E-state index contributed by atoms with van der Waals surface area (Å²) >= 11 is 0. The Bertz CT molecular complexity index is 1170. The molecule has 29 heavy (non-hydrogen) atoms. The summed E-state index contributed by atoms with van der Waals surface area (Å²) in [7, 11) is 0. The molecule has 0 saturated heterocycles. The highest BCUT2D eigenvalue weighted by molar-refractivity contribution is 6.29. The second-order valence-electron chi connectivity index (χ2n) is 6.02. The molecule has 140 valence electrons. The maximum absolute atomic E-state index is 13.1. The third-order valence-corrected chi connectivity index (χ3v) is 4.13. The molecular formula is C22H16N6O. The Morgan fingerprint density at radius 1 is 0.931 bits per heavy atom. The molecule has 3 aromatic rings. The number of nitrogens with one attached hydrogen (secondary N) is 1. The van der Waals surface area contributed by atoms with Crippen LogP contribution in [-0.4, -0.2) is 10.9 Å². The van der Waals surface area contributed by atoms with Gasteiger partial charge in [-0.3, -0.25) is 4.79 Å². The quantitative estimate of drug-likeness (QED) is 0.594. The van der Waals surface area contributed by atoms with E-state index in [9.17, 15) is 15.3 Å². The van der Waals surface area contributed by atoms with Gasteiger partial charge in [0.05, 0.1) is 17.0 Å². The summed E-state index contributed by atoms with van der Waals surface area (Å²) in [6.07, 6.45) is 1.59. The largest absolute Gasteiger partial charge is 0.396 e. The lowest BCUT2D eigenvalue weighted by Crippen LogP contribution is -2.17. The summed E-state index contributed by atoms with van der Waals surface area (Å²) in [5, 5.41) is 21.6. The first-order chi connectivity index (χ1) is 14.0. The summed E-state index contributed by atoms with van der Waals surface area (Å²) in [6.45, 7) is 0. The molecule has 7 heteroatoms. The number of nitriles is 2. The molecular weight excluding hydrogens is 364 g/mol. The summed E-state index contributed by atoms with van der Waals surface area (Å²) < 4.78 is 0. The predicted octanol–water partition coefficient (Wildman–Crippen LogP) is 3.17. The first-order valence-corrected chi connectivity index (χ1v) is 8.57. The average Bonchev–Trinajstić information content (AvgIpc) is 2.73. The first kappa shape index (κ1) is 19.2. The standard InChI is InChI=1S/C22H16N6O/c23-12-17-19(25)18(13-24)21(26)28-20(17)16(11-14-7-3-1-4-8-14)22(29)27-15-9-5-2-6-10-15/h1-11H,(H,27,29)(H4,25,26,28)/b16-11+. The van der Waals surface area contributed by atoms with Crippen molar-refractivity contribution in [2.75, 3.05) is 16.8 Å². The van der Waals surface area contributed by atoms with Crippen LogP contribution in [0.1, 0.15) is 22.4 Å². The van der Waals surface area contributed by atoms with Gasteiger partial charge in [-0.2, -0.15) is 10.5 Å². The molecule has 0 aliphatic heterocycles. The van der Waals surface area contributed by atoms with Crippen LogP contribution in [0, 0.1) is 22.7 Å². The van der Waals surface area contributed by atoms with Crippen LogP contribution in [0.2, 0.25) is 0 Å². The molecule has 0 aliphatic carbocycles. The van der Waals surface area contributed by atoms with Gasteiger partial charge in [-0.1, -0.05) is 48.5 Å². The molecule has 0 saturated carbocycles. The highest BCUT2D eigenvalue weighted by Gasteiger charge is 2.23. The third kappa shape index (κ3) is 4.05. The molecule has 0 spiro atoms. The summed E-state index contributed by atoms with van der Waals surface area (Å²) in [5.74, 6) is -0.641. The van der Waals surface area contributed by atoms with Gasteiger partial charge in [-0.25, -0.2) is 4.98 Å². The van der Waals surface area contributed by atoms with Crippen molar-refractivity contribution in [1.82, 2.24) is 4.98 Å². The minimum atomic E-state index is -0.493. The number of nitrogens with zero attached hydrogens (tertiary/aromatic N) is 3. The fraction of sp³-hybridized carbons (Fsp3) is 0. The van der Waals surface area contributed by atoms with Crippen molar-refractivity contribution in [2.24, 2.45) is 0 Å². The van der Waals surface area contributed by atoms with Crippen molar-refractivity contribution in [1.29, 1.82) is 10.5 Å². The molecule has 1 aromatic heterocycles. The van der Waals surface area contributed by atoms with Crippen molar-refractivity contribution in [2.45, 2.75) is 0 Å². The number of rotatable bonds is 4. The lowest BCUT2D eigenvalue weighted by molar-refractivity contribution is -0.111. The lowest BCUT2D eigenvalue weighted by atomic mass is 9.99. The molecule has 0 bridgehead atoms. The minimum absolute atomic E-state index is 0.0128. The molecule has 0 radical (unpaired) electrons. The van der Waals surface area contributed by atoms with Crippen LogP contribution in [0.3, 0.4) is 0 Å². The molecule has 7 nitrogen and oxygen atoms in total. The fourth-order valence-electron chi connectivity index (χ4n) is 2.73. The summed E-state index contributed by atoms with van der Waals surface area (Å²) in [6, 6.07) is 21.7. The smallest absolute Gasteiger partial charge is 0.257 e. The molecule has 0 atom stereocenters. The average molecular weight is 380 g/mol. The monoisotopic (exact) mass is 380 g/mol. The maximum Gasteiger partial charge on any atom is 0.257 e. The lowest BCUT2D eigenvalue weighted by Gasteiger charge is -2.13. The Morgan fingerprint density at radius 3 is 2.10 bits per heavy atom. The predicted molar refractivity (Wildman–Crippen MR) is 112 cm³/mol. The molecule has 1 amide bonds. The maximum atomic E-state index is 13.1. The van der Waals surface area contributed by atoms with Crippen molar-refractivity contribution < 1.29 is 4.79 Å². The Morgan fingerprint density at radius 2 is 1.52 bits per heavy atom. The van der Waals surface area contributed by atoms with Crippen LogP contribution in [0.4, 0.5) is 17.2 Å². The van der Waals surface area contributed by atoms with Gasteiger partial charge in [0.25, 0.3) is 5.91 Å². The van der Waals surface area contributed by atoms with Crippen molar-refractivity contribution >= 4 is 34.7 Å². The Hall–Kier alpha value is -4.62. The molecule has 0 fully saturated rings. The van der Waals surface area contributed by atoms with E-state index < -0.39 is 5.91 Å². The number of benzene rings is 2. The van der Waals surface area contributed by atoms with Gasteiger partial charge in [0, 0.05) is 5.69 Å². The first-order valence-electron chi connectivity index (χ1n) is 8.57. The van der Waals surface area contributed by atoms with Gasteiger partial charge in [0.2, 0.25) is 0 Å². The van der Waals surface area contributed by atoms with E-state index in [-0.39, 0.29) is 33.9 Å². The zero-order valence-electron chi connectivity index (χ0n) is 15.3. The number of hydrogen-bond acceptors (Lipinski definition) is 6. The number of amides is 1. The second kappa shape index (κ2) is 8.38. The van der Waals surface area contributed by atoms with E-state index in [0.717, 1.165) is 5.56 Å². The molecule has 3 rings (SSSR count). The van der Waals surface area contributed by atoms with Gasteiger partial charge in [0.1, 0.15) is 29.1 Å². The fourth-order valence-corrected chi connectivity index (χ4v) is 2.73. The third-order valence-electron chi connectivity index (χ3n) is 4.13. The number of pyridine rings is 1. The molecule has 0 aliphatic rings. The zero-order valence-corrected chi connectivity index (χ0v) is 15.3. The molecule has 1 heterocycles. The van der Waals surface area contributed by atoms with E-state index in [4.69, 9.17) is 11.5 Å². The highest BCUT2D eigenvalue weighted by atomic mass is 16.1. The Balaban J connectivity index is 2.19. The van der Waals surface area contributed by atoms with E-state index in [1.807, 2.05) is 36.4 Å². The van der Waals surface area contributed by atoms with Crippen molar-refractivity contribution in [3.8, 4) is 12.1 Å². The van der Waals surface area contributed by atoms with E-state index in [2.05, 4.69) is 10.3 Å². The van der Waals surface area contributed by atoms with E-state index in [1.165, 1.54) is 0 Å². The highest BCUT2D eigenvalue weighted by Crippen LogP contribution is 2.30. The molecule has 2 aromatic carbocycles. The van der Waals surface area contributed by atoms with Crippen LogP contribution >= 0.6 is 0 Å². The number of carbonyl (C=O) groups excluding carboxylic acids is 1. The van der Waals surface area contributed by atoms with Crippen LogP contribution in [0.15, 0.2) is 60.7 Å². The normalized spacial score (nSPS) is 10.6. The van der Waals surface area contributed by atoms with Crippen molar-refractivity contribution in [3.63, 3.8) is 0 Å². The van der Waals surface area contributed by atoms with E-state index >= 15 is 0 Å². The molecule has 0 unspecified atom stereocenters. The number of hydrogen-bond donors (Lipinski definition) is 3. The number of carbonyl (C=O) groups is 1. The SMILES string of the molecule is N#Cc1c(N)nc(/C(=C\c2ccccc2)C(=O)Nc2ccccc2)c(C#N)c1N. The number of anilines is 3. The number of para-hydroxylation sites is 1. The molecule has 5 N–H and O–H groups in total. The van der Waals surface area contributed by atoms with Crippen LogP contribution in [0.5, 0.6) is 0 Å². The van der Waals surface area contributed by atoms with Gasteiger partial charge >= 0.3 is 0 Å². The Labute approximate surface area is 167 Å². The number of aromatic nitrogens is 1. The van der Waals surface area contributed by atoms with Crippen molar-refractivity contribution in [3.05, 3.63) is 83.0 Å². The van der Waals surface area contributed by atoms with Crippen LogP contribution < -0.4 is 16.8 Å². The van der Waals surface area contributed by atoms with Crippen LogP contribution in [-0.2, 0) is 4.79 Å². The van der Waals surface area contributed by atoms with Gasteiger partial charge in [0.15, 0.2) is 0 Å². The van der Waals surface area contributed by atoms with E-state index in [1.54, 1.807) is 42.5 Å². The van der Waals surface area contributed by atoms with Gasteiger partial charge < -0.3 is 16.8 Å². The van der Waals surface area contributed by atoms with Crippen LogP contribution in [0.25, 0.3) is 11.6 Å². The summed E-state index contributed by atoms with van der Waals surface area (Å²) in [4.78, 5) is 17.2. The second-order valence-corrected chi connectivity index (χ2v) is 6.02. The summed E-state index contributed by atoms with van der Waals surface area (Å²) in [5.41, 5.74) is 12.9. The Kier molecular flexibility index (Phi) is 5.53. The number of nitrogens with two attached hydrogens (primary N) is 2. The number of nitrogen functional groups attached to an aromatic ring is 2. The van der Waals surface area contributed by atoms with Gasteiger partial charge in [-0.15, -0.1) is 0 Å². The topological polar surface area (TPSA) is 142 Å².